The van der Waals surface area contributed by atoms with Gasteiger partial charge in [-0.1, -0.05) is 0 Å². The number of esters is 1. The molecule has 2 unspecified atom stereocenters. The molecule has 1 saturated heterocycles. The van der Waals surface area contributed by atoms with Crippen molar-refractivity contribution in [2.24, 2.45) is 0 Å². The van der Waals surface area contributed by atoms with Crippen LogP contribution in [0.2, 0.25) is 0 Å². The van der Waals surface area contributed by atoms with E-state index in [0.29, 0.717) is 24.8 Å². The predicted octanol–water partition coefficient (Wildman–Crippen LogP) is 2.08. The lowest BCUT2D eigenvalue weighted by atomic mass is 10.2. The second-order valence-corrected chi connectivity index (χ2v) is 8.04. The Morgan fingerprint density at radius 1 is 1.28 bits per heavy atom. The number of aromatic nitrogens is 4. The summed E-state index contributed by atoms with van der Waals surface area (Å²) in [6.07, 6.45) is 5.86. The van der Waals surface area contributed by atoms with Crippen LogP contribution in [0, 0.1) is 0 Å². The summed E-state index contributed by atoms with van der Waals surface area (Å²) >= 11 is 0. The van der Waals surface area contributed by atoms with E-state index >= 15 is 0 Å². The Balaban J connectivity index is 1.47. The summed E-state index contributed by atoms with van der Waals surface area (Å²) in [5, 5.41) is 10.9. The van der Waals surface area contributed by atoms with Crippen LogP contribution in [0.25, 0.3) is 0 Å². The Hall–Kier alpha value is -2.68. The van der Waals surface area contributed by atoms with Crippen molar-refractivity contribution in [1.82, 2.24) is 20.2 Å². The van der Waals surface area contributed by atoms with Crippen molar-refractivity contribution in [1.29, 1.82) is 0 Å². The predicted molar refractivity (Wildman–Crippen MR) is 106 cm³/mol. The van der Waals surface area contributed by atoms with Crippen molar-refractivity contribution in [3.63, 3.8) is 0 Å². The minimum absolute atomic E-state index is 0.0557. The highest BCUT2D eigenvalue weighted by Gasteiger charge is 2.40. The number of aromatic amines is 1. The lowest BCUT2D eigenvalue weighted by Gasteiger charge is -2.23. The van der Waals surface area contributed by atoms with E-state index < -0.39 is 6.04 Å². The number of carbonyl (C=O) groups excluding carboxylic acids is 1. The van der Waals surface area contributed by atoms with Gasteiger partial charge in [-0.05, 0) is 32.1 Å². The molecule has 9 heteroatoms. The number of aryl methyl sites for hydroxylation is 1. The summed E-state index contributed by atoms with van der Waals surface area (Å²) in [7, 11) is 3.07. The first-order valence-electron chi connectivity index (χ1n) is 10.3. The summed E-state index contributed by atoms with van der Waals surface area (Å²) < 4.78 is 10.5. The Bertz CT molecular complexity index is 925. The molecule has 2 N–H and O–H groups in total. The van der Waals surface area contributed by atoms with Crippen molar-refractivity contribution in [3.05, 3.63) is 23.0 Å². The molecule has 2 aliphatic carbocycles. The molecule has 0 radical (unpaired) electrons. The summed E-state index contributed by atoms with van der Waals surface area (Å²) in [4.78, 5) is 23.9. The van der Waals surface area contributed by atoms with Gasteiger partial charge < -0.3 is 19.7 Å². The van der Waals surface area contributed by atoms with E-state index in [1.807, 2.05) is 4.90 Å². The van der Waals surface area contributed by atoms with Crippen molar-refractivity contribution >= 4 is 23.6 Å². The molecule has 1 saturated carbocycles. The Morgan fingerprint density at radius 3 is 2.90 bits per heavy atom. The van der Waals surface area contributed by atoms with Gasteiger partial charge in [-0.25, -0.2) is 9.78 Å². The highest BCUT2D eigenvalue weighted by molar-refractivity contribution is 5.80. The van der Waals surface area contributed by atoms with Crippen LogP contribution in [0.15, 0.2) is 6.07 Å². The van der Waals surface area contributed by atoms with E-state index in [-0.39, 0.29) is 12.1 Å². The maximum Gasteiger partial charge on any atom is 0.328 e. The first-order valence-corrected chi connectivity index (χ1v) is 10.3. The molecule has 0 amide bonds. The molecule has 0 aromatic carbocycles. The van der Waals surface area contributed by atoms with Crippen LogP contribution in [-0.2, 0) is 27.1 Å². The molecule has 5 rings (SSSR count). The average molecular weight is 398 g/mol. The number of anilines is 3. The number of carbonyl (C=O) groups is 1. The third kappa shape index (κ3) is 3.43. The van der Waals surface area contributed by atoms with E-state index in [1.54, 1.807) is 7.11 Å². The molecular weight excluding hydrogens is 372 g/mol. The zero-order valence-corrected chi connectivity index (χ0v) is 16.8. The number of rotatable bonds is 6. The van der Waals surface area contributed by atoms with Crippen LogP contribution in [0.3, 0.4) is 0 Å². The van der Waals surface area contributed by atoms with Gasteiger partial charge in [-0.2, -0.15) is 10.1 Å². The molecule has 3 heterocycles. The summed E-state index contributed by atoms with van der Waals surface area (Å²) in [6, 6.07) is 1.62. The van der Waals surface area contributed by atoms with Crippen LogP contribution < -0.4 is 10.2 Å². The molecule has 154 valence electrons. The van der Waals surface area contributed by atoms with Crippen LogP contribution in [0.1, 0.15) is 48.6 Å². The lowest BCUT2D eigenvalue weighted by molar-refractivity contribution is -0.142. The van der Waals surface area contributed by atoms with Crippen molar-refractivity contribution in [3.8, 4) is 0 Å². The van der Waals surface area contributed by atoms with E-state index in [4.69, 9.17) is 19.4 Å². The number of nitrogens with zero attached hydrogens (tertiary/aromatic N) is 4. The summed E-state index contributed by atoms with van der Waals surface area (Å²) in [5.74, 6) is 2.42. The Labute approximate surface area is 169 Å². The van der Waals surface area contributed by atoms with Crippen LogP contribution in [-0.4, -0.2) is 59.0 Å². The third-order valence-electron chi connectivity index (χ3n) is 6.11. The second kappa shape index (κ2) is 7.29. The van der Waals surface area contributed by atoms with Gasteiger partial charge in [0.1, 0.15) is 11.9 Å². The van der Waals surface area contributed by atoms with Crippen molar-refractivity contribution in [2.45, 2.75) is 56.6 Å². The number of hydrogen-bond acceptors (Lipinski definition) is 8. The van der Waals surface area contributed by atoms with Crippen LogP contribution >= 0.6 is 0 Å². The lowest BCUT2D eigenvalue weighted by Crippen LogP contribution is -2.38. The standard InChI is InChI=1S/C20H26N6O3/c1-28-12-8-16(19(27)29-2)26(10-12)20-21-14-5-3-4-13(14)18(23-20)22-17-9-15(24-25-17)11-6-7-11/h9,11-12,16H,3-8,10H2,1-2H3,(H2,21,22,23,24,25). The molecule has 2 fully saturated rings. The van der Waals surface area contributed by atoms with Gasteiger partial charge in [0.25, 0.3) is 0 Å². The first-order chi connectivity index (χ1) is 14.2. The first kappa shape index (κ1) is 18.4. The zero-order valence-electron chi connectivity index (χ0n) is 16.8. The van der Waals surface area contributed by atoms with Gasteiger partial charge in [0.15, 0.2) is 5.82 Å². The van der Waals surface area contributed by atoms with Gasteiger partial charge in [0.05, 0.1) is 18.9 Å². The second-order valence-electron chi connectivity index (χ2n) is 8.04. The highest BCUT2D eigenvalue weighted by Crippen LogP contribution is 2.40. The van der Waals surface area contributed by atoms with E-state index in [2.05, 4.69) is 21.6 Å². The number of hydrogen-bond donors (Lipinski definition) is 2. The molecule has 29 heavy (non-hydrogen) atoms. The Morgan fingerprint density at radius 2 is 2.14 bits per heavy atom. The molecule has 0 spiro atoms. The fourth-order valence-electron chi connectivity index (χ4n) is 4.33. The molecule has 1 aliphatic heterocycles. The number of H-pyrrole nitrogens is 1. The zero-order chi connectivity index (χ0) is 20.0. The van der Waals surface area contributed by atoms with Gasteiger partial charge in [0.2, 0.25) is 5.95 Å². The minimum Gasteiger partial charge on any atom is -0.467 e. The number of nitrogens with one attached hydrogen (secondary N) is 2. The van der Waals surface area contributed by atoms with Gasteiger partial charge in [-0.3, -0.25) is 5.10 Å². The minimum atomic E-state index is -0.441. The quantitative estimate of drug-likeness (QED) is 0.713. The highest BCUT2D eigenvalue weighted by atomic mass is 16.5. The monoisotopic (exact) mass is 398 g/mol. The smallest absolute Gasteiger partial charge is 0.328 e. The number of fused-ring (bicyclic) bond motifs is 1. The molecule has 3 aliphatic rings. The maximum absolute atomic E-state index is 12.3. The fourth-order valence-corrected chi connectivity index (χ4v) is 4.33. The van der Waals surface area contributed by atoms with Crippen molar-refractivity contribution in [2.75, 3.05) is 31.0 Å². The number of ether oxygens (including phenoxy) is 2. The van der Waals surface area contributed by atoms with Crippen molar-refractivity contribution < 1.29 is 14.3 Å². The normalized spacial score (nSPS) is 23.3. The molecule has 9 nitrogen and oxygen atoms in total. The van der Waals surface area contributed by atoms with E-state index in [0.717, 1.165) is 42.2 Å². The summed E-state index contributed by atoms with van der Waals surface area (Å²) in [5.41, 5.74) is 3.36. The Kier molecular flexibility index (Phi) is 4.61. The summed E-state index contributed by atoms with van der Waals surface area (Å²) in [6.45, 7) is 0.558. The van der Waals surface area contributed by atoms with Gasteiger partial charge >= 0.3 is 5.97 Å². The maximum atomic E-state index is 12.3. The fraction of sp³-hybridized carbons (Fsp3) is 0.600. The molecule has 2 aromatic heterocycles. The van der Waals surface area contributed by atoms with Gasteiger partial charge in [0, 0.05) is 43.3 Å². The van der Waals surface area contributed by atoms with E-state index in [9.17, 15) is 4.79 Å². The molecule has 2 aromatic rings. The van der Waals surface area contributed by atoms with Crippen LogP contribution in [0.5, 0.6) is 0 Å². The third-order valence-corrected chi connectivity index (χ3v) is 6.11. The molecule has 2 atom stereocenters. The van der Waals surface area contributed by atoms with Gasteiger partial charge in [-0.15, -0.1) is 0 Å². The molecular formula is C20H26N6O3. The average Bonchev–Trinajstić information content (AvgIpc) is 3.13. The SMILES string of the molecule is COC(=O)C1CC(OC)CN1c1nc2c(c(Nc3cc(C4CC4)[nH]n3)n1)CCC2. The molecule has 0 bridgehead atoms. The van der Waals surface area contributed by atoms with E-state index in [1.165, 1.54) is 25.6 Å². The largest absolute Gasteiger partial charge is 0.467 e. The number of methoxy groups -OCH3 is 2. The topological polar surface area (TPSA) is 105 Å². The van der Waals surface area contributed by atoms with Crippen LogP contribution in [0.4, 0.5) is 17.6 Å².